The molecule has 6 heteroatoms. The minimum absolute atomic E-state index is 0.0137. The Labute approximate surface area is 119 Å². The van der Waals surface area contributed by atoms with Gasteiger partial charge in [0.1, 0.15) is 0 Å². The highest BCUT2D eigenvalue weighted by Gasteiger charge is 2.38. The van der Waals surface area contributed by atoms with Gasteiger partial charge >= 0.3 is 0 Å². The number of hydrogen-bond acceptors (Lipinski definition) is 4. The Kier molecular flexibility index (Phi) is 5.37. The van der Waals surface area contributed by atoms with Gasteiger partial charge in [-0.05, 0) is 19.3 Å². The van der Waals surface area contributed by atoms with Crippen LogP contribution >= 0.6 is 0 Å². The van der Waals surface area contributed by atoms with Crippen molar-refractivity contribution in [2.75, 3.05) is 40.0 Å². The minimum Gasteiger partial charge on any atom is -0.394 e. The molecule has 20 heavy (non-hydrogen) atoms. The van der Waals surface area contributed by atoms with Crippen LogP contribution in [0.2, 0.25) is 0 Å². The summed E-state index contributed by atoms with van der Waals surface area (Å²) in [6, 6.07) is -0.0700. The van der Waals surface area contributed by atoms with E-state index >= 15 is 0 Å². The van der Waals surface area contributed by atoms with E-state index in [-0.39, 0.29) is 36.8 Å². The lowest BCUT2D eigenvalue weighted by Gasteiger charge is -2.36. The van der Waals surface area contributed by atoms with Crippen LogP contribution in [0, 0.1) is 5.92 Å². The zero-order valence-corrected chi connectivity index (χ0v) is 12.1. The average molecular weight is 284 g/mol. The number of methoxy groups -OCH3 is 1. The van der Waals surface area contributed by atoms with Crippen LogP contribution in [0.5, 0.6) is 0 Å². The summed E-state index contributed by atoms with van der Waals surface area (Å²) in [6.45, 7) is 2.24. The van der Waals surface area contributed by atoms with E-state index in [1.807, 2.05) is 0 Å². The molecule has 0 radical (unpaired) electrons. The van der Waals surface area contributed by atoms with Gasteiger partial charge in [0.05, 0.1) is 25.2 Å². The molecule has 0 aliphatic carbocycles. The van der Waals surface area contributed by atoms with Gasteiger partial charge in [-0.1, -0.05) is 0 Å². The fraction of sp³-hybridized carbons (Fsp3) is 0.857. The molecule has 2 amide bonds. The summed E-state index contributed by atoms with van der Waals surface area (Å²) in [5.41, 5.74) is 0. The van der Waals surface area contributed by atoms with E-state index in [4.69, 9.17) is 4.74 Å². The van der Waals surface area contributed by atoms with E-state index in [0.29, 0.717) is 26.2 Å². The molecule has 0 aromatic heterocycles. The van der Waals surface area contributed by atoms with Crippen LogP contribution in [0.3, 0.4) is 0 Å². The van der Waals surface area contributed by atoms with Gasteiger partial charge in [-0.3, -0.25) is 9.59 Å². The molecule has 114 valence electrons. The molecule has 2 saturated heterocycles. The van der Waals surface area contributed by atoms with Gasteiger partial charge in [-0.15, -0.1) is 0 Å². The number of carbonyl (C=O) groups is 2. The number of amides is 2. The lowest BCUT2D eigenvalue weighted by atomic mass is 9.99. The number of aliphatic hydroxyl groups is 1. The Balaban J connectivity index is 1.94. The highest BCUT2D eigenvalue weighted by atomic mass is 16.5. The molecule has 2 heterocycles. The third kappa shape index (κ3) is 3.30. The van der Waals surface area contributed by atoms with Crippen molar-refractivity contribution < 1.29 is 19.4 Å². The number of aliphatic hydroxyl groups excluding tert-OH is 1. The smallest absolute Gasteiger partial charge is 0.228 e. The van der Waals surface area contributed by atoms with Crippen LogP contribution < -0.4 is 0 Å². The van der Waals surface area contributed by atoms with Crippen molar-refractivity contribution in [1.29, 1.82) is 0 Å². The van der Waals surface area contributed by atoms with Gasteiger partial charge in [0.25, 0.3) is 0 Å². The number of ether oxygens (including phenoxy) is 1. The Morgan fingerprint density at radius 3 is 2.95 bits per heavy atom. The number of nitrogens with zero attached hydrogens (tertiary/aromatic N) is 2. The van der Waals surface area contributed by atoms with Crippen LogP contribution in [0.15, 0.2) is 0 Å². The van der Waals surface area contributed by atoms with E-state index in [1.165, 1.54) is 0 Å². The maximum absolute atomic E-state index is 12.5. The molecule has 6 nitrogen and oxygen atoms in total. The van der Waals surface area contributed by atoms with Gasteiger partial charge in [0.15, 0.2) is 0 Å². The quantitative estimate of drug-likeness (QED) is 0.762. The van der Waals surface area contributed by atoms with Crippen LogP contribution in [-0.2, 0) is 14.3 Å². The normalized spacial score (nSPS) is 27.2. The van der Waals surface area contributed by atoms with Crippen LogP contribution in [-0.4, -0.2) is 72.7 Å². The number of carbonyl (C=O) groups excluding carboxylic acids is 2. The first-order valence-corrected chi connectivity index (χ1v) is 7.35. The Morgan fingerprint density at radius 1 is 1.45 bits per heavy atom. The number of hydrogen-bond donors (Lipinski definition) is 1. The highest BCUT2D eigenvalue weighted by Crippen LogP contribution is 2.24. The van der Waals surface area contributed by atoms with Crippen molar-refractivity contribution in [1.82, 2.24) is 9.80 Å². The summed E-state index contributed by atoms with van der Waals surface area (Å²) >= 11 is 0. The molecule has 2 aliphatic heterocycles. The second-order valence-electron chi connectivity index (χ2n) is 5.60. The molecule has 2 unspecified atom stereocenters. The highest BCUT2D eigenvalue weighted by molar-refractivity contribution is 5.89. The molecular weight excluding hydrogens is 260 g/mol. The van der Waals surface area contributed by atoms with Gasteiger partial charge in [0, 0.05) is 33.2 Å². The summed E-state index contributed by atoms with van der Waals surface area (Å²) in [6.07, 6.45) is 3.18. The lowest BCUT2D eigenvalue weighted by Crippen LogP contribution is -2.48. The van der Waals surface area contributed by atoms with Crippen LogP contribution in [0.1, 0.15) is 25.7 Å². The lowest BCUT2D eigenvalue weighted by molar-refractivity contribution is -0.140. The van der Waals surface area contributed by atoms with Gasteiger partial charge < -0.3 is 19.6 Å². The average Bonchev–Trinajstić information content (AvgIpc) is 2.85. The fourth-order valence-electron chi connectivity index (χ4n) is 3.07. The summed E-state index contributed by atoms with van der Waals surface area (Å²) in [7, 11) is 1.60. The molecule has 0 aromatic rings. The first-order chi connectivity index (χ1) is 9.67. The number of likely N-dealkylation sites (tertiary alicyclic amines) is 2. The van der Waals surface area contributed by atoms with E-state index in [0.717, 1.165) is 19.3 Å². The van der Waals surface area contributed by atoms with E-state index in [1.54, 1.807) is 16.9 Å². The fourth-order valence-corrected chi connectivity index (χ4v) is 3.07. The Morgan fingerprint density at radius 2 is 2.25 bits per heavy atom. The minimum atomic E-state index is -0.258. The predicted octanol–water partition coefficient (Wildman–Crippen LogP) is -0.145. The van der Waals surface area contributed by atoms with Crippen molar-refractivity contribution in [3.05, 3.63) is 0 Å². The summed E-state index contributed by atoms with van der Waals surface area (Å²) in [5, 5.41) is 9.39. The molecule has 0 saturated carbocycles. The summed E-state index contributed by atoms with van der Waals surface area (Å²) in [5.74, 6) is -0.207. The number of piperidine rings is 1. The zero-order chi connectivity index (χ0) is 14.5. The largest absolute Gasteiger partial charge is 0.394 e. The molecule has 2 atom stereocenters. The maximum Gasteiger partial charge on any atom is 0.228 e. The molecule has 0 aromatic carbocycles. The second-order valence-corrected chi connectivity index (χ2v) is 5.60. The number of rotatable bonds is 5. The first-order valence-electron chi connectivity index (χ1n) is 7.35. The molecule has 1 N–H and O–H groups in total. The van der Waals surface area contributed by atoms with Gasteiger partial charge in [-0.25, -0.2) is 0 Å². The summed E-state index contributed by atoms with van der Waals surface area (Å²) < 4.78 is 4.98. The van der Waals surface area contributed by atoms with E-state index in [2.05, 4.69) is 0 Å². The Hall–Kier alpha value is -1.14. The molecule has 0 spiro atoms. The Bertz CT molecular complexity index is 361. The molecular formula is C14H24N2O4. The van der Waals surface area contributed by atoms with E-state index in [9.17, 15) is 14.7 Å². The third-order valence-corrected chi connectivity index (χ3v) is 4.25. The maximum atomic E-state index is 12.5. The standard InChI is InChI=1S/C14H24N2O4/c1-20-7-6-15-9-11(8-13(15)18)14(19)16-5-3-2-4-12(16)10-17/h11-12,17H,2-10H2,1H3. The van der Waals surface area contributed by atoms with Crippen molar-refractivity contribution >= 4 is 11.8 Å². The third-order valence-electron chi connectivity index (χ3n) is 4.25. The van der Waals surface area contributed by atoms with Crippen molar-refractivity contribution in [2.45, 2.75) is 31.7 Å². The van der Waals surface area contributed by atoms with Gasteiger partial charge in [-0.2, -0.15) is 0 Å². The molecule has 2 aliphatic rings. The molecule has 2 fully saturated rings. The second kappa shape index (κ2) is 7.04. The summed E-state index contributed by atoms with van der Waals surface area (Å²) in [4.78, 5) is 27.9. The van der Waals surface area contributed by atoms with E-state index < -0.39 is 0 Å². The van der Waals surface area contributed by atoms with Gasteiger partial charge in [0.2, 0.25) is 11.8 Å². The topological polar surface area (TPSA) is 70.1 Å². The monoisotopic (exact) mass is 284 g/mol. The van der Waals surface area contributed by atoms with Crippen LogP contribution in [0.4, 0.5) is 0 Å². The van der Waals surface area contributed by atoms with Crippen molar-refractivity contribution in [3.8, 4) is 0 Å². The zero-order valence-electron chi connectivity index (χ0n) is 12.1. The van der Waals surface area contributed by atoms with Crippen molar-refractivity contribution in [3.63, 3.8) is 0 Å². The molecule has 0 bridgehead atoms. The first kappa shape index (κ1) is 15.3. The van der Waals surface area contributed by atoms with Crippen molar-refractivity contribution in [2.24, 2.45) is 5.92 Å². The predicted molar refractivity (Wildman–Crippen MR) is 73.0 cm³/mol. The molecule has 2 rings (SSSR count). The SMILES string of the molecule is COCCN1CC(C(=O)N2CCCCC2CO)CC1=O. The van der Waals surface area contributed by atoms with Crippen LogP contribution in [0.25, 0.3) is 0 Å².